The summed E-state index contributed by atoms with van der Waals surface area (Å²) < 4.78 is 5.35. The van der Waals surface area contributed by atoms with Crippen molar-refractivity contribution in [2.24, 2.45) is 5.92 Å². The van der Waals surface area contributed by atoms with E-state index in [1.54, 1.807) is 7.11 Å². The molecule has 2 saturated heterocycles. The fourth-order valence-electron chi connectivity index (χ4n) is 3.29. The minimum atomic E-state index is 0.0304. The molecule has 0 aliphatic carbocycles. The normalized spacial score (nSPS) is 34.6. The lowest BCUT2D eigenvalue weighted by Crippen LogP contribution is -2.54. The van der Waals surface area contributed by atoms with E-state index in [9.17, 15) is 4.79 Å². The molecule has 2 rings (SSSR count). The Hall–Kier alpha value is -0.610. The van der Waals surface area contributed by atoms with Crippen LogP contribution in [0.2, 0.25) is 0 Å². The Labute approximate surface area is 110 Å². The van der Waals surface area contributed by atoms with Crippen LogP contribution in [0, 0.1) is 5.92 Å². The molecule has 104 valence electrons. The Bertz CT molecular complexity index is 278. The van der Waals surface area contributed by atoms with E-state index in [1.165, 1.54) is 6.42 Å². The number of hydrogen-bond donors (Lipinski definition) is 1. The van der Waals surface area contributed by atoms with Crippen molar-refractivity contribution in [2.75, 3.05) is 20.2 Å². The summed E-state index contributed by atoms with van der Waals surface area (Å²) in [4.78, 5) is 14.5. The highest BCUT2D eigenvalue weighted by molar-refractivity contribution is 5.82. The molecular formula is C14H26N2O2. The highest BCUT2D eigenvalue weighted by atomic mass is 16.5. The average molecular weight is 254 g/mol. The van der Waals surface area contributed by atoms with Crippen molar-refractivity contribution in [1.29, 1.82) is 0 Å². The standard InChI is InChI=1S/C14H26N2O2/c1-10-8-11(2)15-13(9-10)14(17)16-6-4-12(18-3)5-7-16/h10-13,15H,4-9H2,1-3H3. The van der Waals surface area contributed by atoms with Gasteiger partial charge < -0.3 is 15.0 Å². The van der Waals surface area contributed by atoms with Crippen molar-refractivity contribution in [1.82, 2.24) is 10.2 Å². The van der Waals surface area contributed by atoms with Crippen LogP contribution in [0.1, 0.15) is 39.5 Å². The number of methoxy groups -OCH3 is 1. The Morgan fingerprint density at radius 1 is 1.22 bits per heavy atom. The van der Waals surface area contributed by atoms with Crippen LogP contribution >= 0.6 is 0 Å². The summed E-state index contributed by atoms with van der Waals surface area (Å²) >= 11 is 0. The zero-order chi connectivity index (χ0) is 13.1. The van der Waals surface area contributed by atoms with Gasteiger partial charge in [-0.05, 0) is 38.5 Å². The first-order valence-electron chi connectivity index (χ1n) is 7.17. The molecule has 0 aromatic rings. The lowest BCUT2D eigenvalue weighted by molar-refractivity contribution is -0.137. The van der Waals surface area contributed by atoms with E-state index in [1.807, 2.05) is 4.90 Å². The van der Waals surface area contributed by atoms with Crippen molar-refractivity contribution in [3.8, 4) is 0 Å². The quantitative estimate of drug-likeness (QED) is 0.810. The smallest absolute Gasteiger partial charge is 0.239 e. The molecule has 2 heterocycles. The molecule has 2 fully saturated rings. The van der Waals surface area contributed by atoms with Gasteiger partial charge in [-0.1, -0.05) is 6.92 Å². The SMILES string of the molecule is COC1CCN(C(=O)C2CC(C)CC(C)N2)CC1. The topological polar surface area (TPSA) is 41.6 Å². The number of nitrogens with zero attached hydrogens (tertiary/aromatic N) is 1. The number of ether oxygens (including phenoxy) is 1. The molecule has 2 aliphatic heterocycles. The molecule has 0 spiro atoms. The highest BCUT2D eigenvalue weighted by Crippen LogP contribution is 2.22. The maximum absolute atomic E-state index is 12.5. The van der Waals surface area contributed by atoms with E-state index in [4.69, 9.17) is 4.74 Å². The van der Waals surface area contributed by atoms with Gasteiger partial charge in [0.1, 0.15) is 0 Å². The third-order valence-corrected chi connectivity index (χ3v) is 4.26. The number of hydrogen-bond acceptors (Lipinski definition) is 3. The van der Waals surface area contributed by atoms with E-state index in [-0.39, 0.29) is 6.04 Å². The summed E-state index contributed by atoms with van der Waals surface area (Å²) in [6.07, 6.45) is 4.44. The van der Waals surface area contributed by atoms with E-state index >= 15 is 0 Å². The van der Waals surface area contributed by atoms with Crippen LogP contribution in [0.25, 0.3) is 0 Å². The Morgan fingerprint density at radius 2 is 1.89 bits per heavy atom. The van der Waals surface area contributed by atoms with E-state index in [0.29, 0.717) is 24.0 Å². The van der Waals surface area contributed by atoms with Crippen LogP contribution < -0.4 is 5.32 Å². The third kappa shape index (κ3) is 3.23. The average Bonchev–Trinajstić information content (AvgIpc) is 2.37. The lowest BCUT2D eigenvalue weighted by atomic mass is 9.89. The molecule has 0 bridgehead atoms. The summed E-state index contributed by atoms with van der Waals surface area (Å²) in [6.45, 7) is 6.11. The number of rotatable bonds is 2. The Balaban J connectivity index is 1.87. The lowest BCUT2D eigenvalue weighted by Gasteiger charge is -2.38. The number of amides is 1. The second-order valence-corrected chi connectivity index (χ2v) is 5.96. The summed E-state index contributed by atoms with van der Waals surface area (Å²) in [5.74, 6) is 0.940. The molecule has 18 heavy (non-hydrogen) atoms. The van der Waals surface area contributed by atoms with Gasteiger partial charge in [-0.2, -0.15) is 0 Å². The second-order valence-electron chi connectivity index (χ2n) is 5.96. The monoisotopic (exact) mass is 254 g/mol. The Kier molecular flexibility index (Phi) is 4.62. The van der Waals surface area contributed by atoms with Gasteiger partial charge >= 0.3 is 0 Å². The Morgan fingerprint density at radius 3 is 2.44 bits per heavy atom. The minimum Gasteiger partial charge on any atom is -0.381 e. The number of nitrogens with one attached hydrogen (secondary N) is 1. The summed E-state index contributed by atoms with van der Waals surface area (Å²) in [5, 5.41) is 3.45. The van der Waals surface area contributed by atoms with Crippen LogP contribution in [-0.2, 0) is 9.53 Å². The van der Waals surface area contributed by atoms with E-state index in [0.717, 1.165) is 32.4 Å². The summed E-state index contributed by atoms with van der Waals surface area (Å²) in [7, 11) is 1.76. The van der Waals surface area contributed by atoms with Gasteiger partial charge in [-0.25, -0.2) is 0 Å². The largest absolute Gasteiger partial charge is 0.381 e. The number of carbonyl (C=O) groups is 1. The maximum atomic E-state index is 12.5. The third-order valence-electron chi connectivity index (χ3n) is 4.26. The van der Waals surface area contributed by atoms with Crippen molar-refractivity contribution < 1.29 is 9.53 Å². The predicted molar refractivity (Wildman–Crippen MR) is 71.4 cm³/mol. The second kappa shape index (κ2) is 6.02. The highest BCUT2D eigenvalue weighted by Gasteiger charge is 2.32. The van der Waals surface area contributed by atoms with Gasteiger partial charge in [0, 0.05) is 26.2 Å². The molecule has 3 unspecified atom stereocenters. The van der Waals surface area contributed by atoms with Crippen LogP contribution in [-0.4, -0.2) is 49.2 Å². The molecule has 0 aromatic heterocycles. The molecule has 0 saturated carbocycles. The zero-order valence-electron chi connectivity index (χ0n) is 11.8. The molecule has 3 atom stereocenters. The summed E-state index contributed by atoms with van der Waals surface area (Å²) in [6, 6.07) is 0.488. The van der Waals surface area contributed by atoms with E-state index in [2.05, 4.69) is 19.2 Å². The first kappa shape index (κ1) is 13.8. The van der Waals surface area contributed by atoms with Crippen LogP contribution in [0.15, 0.2) is 0 Å². The molecule has 0 radical (unpaired) electrons. The number of carbonyl (C=O) groups excluding carboxylic acids is 1. The molecule has 1 N–H and O–H groups in total. The van der Waals surface area contributed by atoms with Crippen molar-refractivity contribution >= 4 is 5.91 Å². The molecule has 2 aliphatic rings. The maximum Gasteiger partial charge on any atom is 0.239 e. The zero-order valence-corrected chi connectivity index (χ0v) is 11.8. The van der Waals surface area contributed by atoms with Crippen molar-refractivity contribution in [3.63, 3.8) is 0 Å². The van der Waals surface area contributed by atoms with Crippen molar-refractivity contribution in [3.05, 3.63) is 0 Å². The molecule has 0 aromatic carbocycles. The fourth-order valence-corrected chi connectivity index (χ4v) is 3.29. The number of piperidine rings is 2. The molecular weight excluding hydrogens is 228 g/mol. The molecule has 4 heteroatoms. The predicted octanol–water partition coefficient (Wildman–Crippen LogP) is 1.40. The number of likely N-dealkylation sites (tertiary alicyclic amines) is 1. The van der Waals surface area contributed by atoms with Gasteiger partial charge in [0.2, 0.25) is 5.91 Å². The van der Waals surface area contributed by atoms with Gasteiger partial charge in [-0.3, -0.25) is 4.79 Å². The van der Waals surface area contributed by atoms with Crippen LogP contribution in [0.4, 0.5) is 0 Å². The van der Waals surface area contributed by atoms with Gasteiger partial charge in [0.05, 0.1) is 12.1 Å². The van der Waals surface area contributed by atoms with Crippen LogP contribution in [0.5, 0.6) is 0 Å². The minimum absolute atomic E-state index is 0.0304. The molecule has 4 nitrogen and oxygen atoms in total. The molecule has 1 amide bonds. The first-order chi connectivity index (χ1) is 8.60. The van der Waals surface area contributed by atoms with Crippen molar-refractivity contribution in [2.45, 2.75) is 57.7 Å². The fraction of sp³-hybridized carbons (Fsp3) is 0.929. The van der Waals surface area contributed by atoms with Crippen LogP contribution in [0.3, 0.4) is 0 Å². The van der Waals surface area contributed by atoms with Gasteiger partial charge in [-0.15, -0.1) is 0 Å². The van der Waals surface area contributed by atoms with E-state index < -0.39 is 0 Å². The van der Waals surface area contributed by atoms with Gasteiger partial charge in [0.25, 0.3) is 0 Å². The summed E-state index contributed by atoms with van der Waals surface area (Å²) in [5.41, 5.74) is 0. The first-order valence-corrected chi connectivity index (χ1v) is 7.17. The van der Waals surface area contributed by atoms with Gasteiger partial charge in [0.15, 0.2) is 0 Å².